The van der Waals surface area contributed by atoms with Crippen LogP contribution in [0.5, 0.6) is 0 Å². The van der Waals surface area contributed by atoms with Gasteiger partial charge in [-0.3, -0.25) is 4.79 Å². The molecular formula is C21H24BNO5. The van der Waals surface area contributed by atoms with Gasteiger partial charge in [-0.2, -0.15) is 0 Å². The zero-order valence-electron chi connectivity index (χ0n) is 16.5. The second-order valence-electron chi connectivity index (χ2n) is 7.70. The summed E-state index contributed by atoms with van der Waals surface area (Å²) in [5.41, 5.74) is 1.05. The van der Waals surface area contributed by atoms with Gasteiger partial charge in [-0.25, -0.2) is 4.79 Å². The molecule has 0 radical (unpaired) electrons. The highest BCUT2D eigenvalue weighted by molar-refractivity contribution is 6.62. The van der Waals surface area contributed by atoms with Crippen LogP contribution in [-0.4, -0.2) is 36.8 Å². The second-order valence-corrected chi connectivity index (χ2v) is 7.70. The number of benzene rings is 2. The van der Waals surface area contributed by atoms with Crippen molar-refractivity contribution in [3.05, 3.63) is 60.2 Å². The van der Waals surface area contributed by atoms with E-state index in [2.05, 4.69) is 5.32 Å². The van der Waals surface area contributed by atoms with Crippen molar-refractivity contribution in [2.75, 3.05) is 11.9 Å². The first kappa shape index (κ1) is 20.1. The van der Waals surface area contributed by atoms with Crippen molar-refractivity contribution in [3.63, 3.8) is 0 Å². The van der Waals surface area contributed by atoms with E-state index >= 15 is 0 Å². The van der Waals surface area contributed by atoms with E-state index in [-0.39, 0.29) is 6.61 Å². The number of ether oxygens (including phenoxy) is 1. The van der Waals surface area contributed by atoms with Crippen molar-refractivity contribution >= 4 is 30.1 Å². The summed E-state index contributed by atoms with van der Waals surface area (Å²) >= 11 is 0. The summed E-state index contributed by atoms with van der Waals surface area (Å²) in [7, 11) is -0.457. The lowest BCUT2D eigenvalue weighted by Crippen LogP contribution is -2.41. The molecular weight excluding hydrogens is 357 g/mol. The topological polar surface area (TPSA) is 73.9 Å². The van der Waals surface area contributed by atoms with Crippen LogP contribution in [0, 0.1) is 0 Å². The van der Waals surface area contributed by atoms with Gasteiger partial charge in [-0.1, -0.05) is 30.3 Å². The summed E-state index contributed by atoms with van der Waals surface area (Å²) in [6, 6.07) is 15.7. The maximum atomic E-state index is 12.0. The third-order valence-electron chi connectivity index (χ3n) is 5.06. The maximum absolute atomic E-state index is 12.0. The SMILES string of the molecule is CC1(C)OB(c2ccc(NC(=O)COC(=O)c3ccccc3)cc2)OC1(C)C. The Morgan fingerprint density at radius 3 is 2.07 bits per heavy atom. The van der Waals surface area contributed by atoms with Gasteiger partial charge >= 0.3 is 13.1 Å². The summed E-state index contributed by atoms with van der Waals surface area (Å²) in [6.45, 7) is 7.64. The highest BCUT2D eigenvalue weighted by atomic mass is 16.7. The van der Waals surface area contributed by atoms with Gasteiger partial charge < -0.3 is 19.4 Å². The molecule has 1 fully saturated rings. The highest BCUT2D eigenvalue weighted by Crippen LogP contribution is 2.36. The molecule has 1 N–H and O–H groups in total. The van der Waals surface area contributed by atoms with E-state index in [0.29, 0.717) is 11.3 Å². The lowest BCUT2D eigenvalue weighted by Gasteiger charge is -2.32. The van der Waals surface area contributed by atoms with E-state index in [1.54, 1.807) is 42.5 Å². The van der Waals surface area contributed by atoms with Gasteiger partial charge in [0.1, 0.15) is 0 Å². The Balaban J connectivity index is 1.53. The number of esters is 1. The molecule has 1 aliphatic heterocycles. The van der Waals surface area contributed by atoms with Gasteiger partial charge in [-0.15, -0.1) is 0 Å². The van der Waals surface area contributed by atoms with Crippen molar-refractivity contribution in [2.45, 2.75) is 38.9 Å². The van der Waals surface area contributed by atoms with Gasteiger partial charge in [0.15, 0.2) is 6.61 Å². The minimum Gasteiger partial charge on any atom is -0.452 e. The van der Waals surface area contributed by atoms with Crippen LogP contribution in [0.15, 0.2) is 54.6 Å². The molecule has 6 nitrogen and oxygen atoms in total. The number of hydrogen-bond acceptors (Lipinski definition) is 5. The van der Waals surface area contributed by atoms with Gasteiger partial charge in [-0.05, 0) is 57.4 Å². The zero-order valence-corrected chi connectivity index (χ0v) is 16.5. The fraction of sp³-hybridized carbons (Fsp3) is 0.333. The number of carbonyl (C=O) groups is 2. The van der Waals surface area contributed by atoms with E-state index in [1.807, 2.05) is 39.8 Å². The van der Waals surface area contributed by atoms with E-state index in [4.69, 9.17) is 14.0 Å². The molecule has 0 saturated carbocycles. The summed E-state index contributed by atoms with van der Waals surface area (Å²) in [5, 5.41) is 2.70. The fourth-order valence-corrected chi connectivity index (χ4v) is 2.69. The van der Waals surface area contributed by atoms with E-state index in [1.165, 1.54) is 0 Å². The third-order valence-corrected chi connectivity index (χ3v) is 5.06. The van der Waals surface area contributed by atoms with Crippen LogP contribution in [-0.2, 0) is 18.8 Å². The maximum Gasteiger partial charge on any atom is 0.494 e. The van der Waals surface area contributed by atoms with Crippen LogP contribution in [0.3, 0.4) is 0 Å². The van der Waals surface area contributed by atoms with Gasteiger partial charge in [0.05, 0.1) is 16.8 Å². The molecule has 0 unspecified atom stereocenters. The van der Waals surface area contributed by atoms with Crippen LogP contribution in [0.1, 0.15) is 38.1 Å². The van der Waals surface area contributed by atoms with Gasteiger partial charge in [0.25, 0.3) is 5.91 Å². The number of hydrogen-bond donors (Lipinski definition) is 1. The average Bonchev–Trinajstić information content (AvgIpc) is 2.88. The molecule has 2 aromatic rings. The number of nitrogens with one attached hydrogen (secondary N) is 1. The molecule has 2 aromatic carbocycles. The largest absolute Gasteiger partial charge is 0.494 e. The number of anilines is 1. The Kier molecular flexibility index (Phi) is 5.58. The van der Waals surface area contributed by atoms with Crippen molar-refractivity contribution in [1.29, 1.82) is 0 Å². The first-order valence-electron chi connectivity index (χ1n) is 9.15. The molecule has 1 aliphatic rings. The Morgan fingerprint density at radius 2 is 1.50 bits per heavy atom. The smallest absolute Gasteiger partial charge is 0.452 e. The molecule has 146 valence electrons. The van der Waals surface area contributed by atoms with Crippen molar-refractivity contribution in [1.82, 2.24) is 0 Å². The molecule has 0 spiro atoms. The lowest BCUT2D eigenvalue weighted by atomic mass is 9.79. The monoisotopic (exact) mass is 381 g/mol. The Morgan fingerprint density at radius 1 is 0.929 bits per heavy atom. The first-order chi connectivity index (χ1) is 13.2. The summed E-state index contributed by atoms with van der Waals surface area (Å²) in [4.78, 5) is 23.9. The zero-order chi connectivity index (χ0) is 20.4. The molecule has 28 heavy (non-hydrogen) atoms. The number of rotatable bonds is 5. The molecule has 0 aliphatic carbocycles. The lowest BCUT2D eigenvalue weighted by molar-refractivity contribution is -0.119. The average molecular weight is 381 g/mol. The number of carbonyl (C=O) groups excluding carboxylic acids is 2. The van der Waals surface area contributed by atoms with E-state index in [9.17, 15) is 9.59 Å². The first-order valence-corrected chi connectivity index (χ1v) is 9.15. The molecule has 1 saturated heterocycles. The van der Waals surface area contributed by atoms with Crippen molar-refractivity contribution in [2.24, 2.45) is 0 Å². The molecule has 3 rings (SSSR count). The summed E-state index contributed by atoms with van der Waals surface area (Å²) in [5.74, 6) is -0.945. The van der Waals surface area contributed by atoms with E-state index < -0.39 is 30.2 Å². The molecule has 1 amide bonds. The van der Waals surface area contributed by atoms with Crippen LogP contribution in [0.2, 0.25) is 0 Å². The summed E-state index contributed by atoms with van der Waals surface area (Å²) in [6.07, 6.45) is 0. The van der Waals surface area contributed by atoms with Crippen LogP contribution in [0.4, 0.5) is 5.69 Å². The second kappa shape index (κ2) is 7.77. The molecule has 7 heteroatoms. The quantitative estimate of drug-likeness (QED) is 0.637. The Bertz CT molecular complexity index is 833. The standard InChI is InChI=1S/C21H24BNO5/c1-20(2)21(3,4)28-22(27-20)16-10-12-17(13-11-16)23-18(24)14-26-19(25)15-8-6-5-7-9-15/h5-13H,14H2,1-4H3,(H,23,24). The van der Waals surface area contributed by atoms with Gasteiger partial charge in [0, 0.05) is 5.69 Å². The predicted octanol–water partition coefficient (Wildman–Crippen LogP) is 2.78. The molecule has 0 bridgehead atoms. The molecule has 0 atom stereocenters. The normalized spacial score (nSPS) is 17.2. The summed E-state index contributed by atoms with van der Waals surface area (Å²) < 4.78 is 17.0. The minimum atomic E-state index is -0.535. The van der Waals surface area contributed by atoms with Crippen molar-refractivity contribution in [3.8, 4) is 0 Å². The Labute approximate surface area is 165 Å². The van der Waals surface area contributed by atoms with Crippen LogP contribution in [0.25, 0.3) is 0 Å². The van der Waals surface area contributed by atoms with Gasteiger partial charge in [0.2, 0.25) is 0 Å². The third kappa shape index (κ3) is 4.43. The Hall–Kier alpha value is -2.64. The number of amides is 1. The van der Waals surface area contributed by atoms with Crippen LogP contribution < -0.4 is 10.8 Å². The molecule has 1 heterocycles. The van der Waals surface area contributed by atoms with Crippen molar-refractivity contribution < 1.29 is 23.6 Å². The minimum absolute atomic E-state index is 0.354. The van der Waals surface area contributed by atoms with E-state index in [0.717, 1.165) is 5.46 Å². The highest BCUT2D eigenvalue weighted by Gasteiger charge is 2.51. The predicted molar refractivity (Wildman–Crippen MR) is 108 cm³/mol. The molecule has 0 aromatic heterocycles. The van der Waals surface area contributed by atoms with Crippen LogP contribution >= 0.6 is 0 Å². The fourth-order valence-electron chi connectivity index (χ4n) is 2.69.